The van der Waals surface area contributed by atoms with E-state index in [1.54, 1.807) is 0 Å². The third-order valence-electron chi connectivity index (χ3n) is 3.38. The minimum Gasteiger partial charge on any atom is -0.350 e. The maximum absolute atomic E-state index is 12.1. The number of aryl methyl sites for hydroxylation is 1. The van der Waals surface area contributed by atoms with Crippen molar-refractivity contribution in [2.45, 2.75) is 18.2 Å². The van der Waals surface area contributed by atoms with Crippen LogP contribution >= 0.6 is 11.3 Å². The fourth-order valence-electron chi connectivity index (χ4n) is 2.10. The molecule has 0 aliphatic carbocycles. The largest absolute Gasteiger partial charge is 0.350 e. The molecule has 0 unspecified atom stereocenters. The predicted molar refractivity (Wildman–Crippen MR) is 94.3 cm³/mol. The Morgan fingerprint density at radius 2 is 2.04 bits per heavy atom. The molecule has 0 fully saturated rings. The number of rotatable bonds is 8. The fraction of sp³-hybridized carbons (Fsp3) is 0.267. The quantitative estimate of drug-likeness (QED) is 0.410. The average molecular weight is 383 g/mol. The number of thiophene rings is 1. The van der Waals surface area contributed by atoms with Gasteiger partial charge >= 0.3 is 0 Å². The summed E-state index contributed by atoms with van der Waals surface area (Å²) in [6.07, 6.45) is 0.742. The van der Waals surface area contributed by atoms with Crippen LogP contribution in [0.5, 0.6) is 0 Å². The topological polar surface area (TPSA) is 118 Å². The van der Waals surface area contributed by atoms with Crippen LogP contribution in [0.15, 0.2) is 40.6 Å². The second-order valence-electron chi connectivity index (χ2n) is 5.04. The van der Waals surface area contributed by atoms with Crippen molar-refractivity contribution in [1.82, 2.24) is 10.0 Å². The van der Waals surface area contributed by atoms with Crippen LogP contribution in [0.3, 0.4) is 0 Å². The van der Waals surface area contributed by atoms with E-state index in [4.69, 9.17) is 0 Å². The van der Waals surface area contributed by atoms with Gasteiger partial charge in [0.1, 0.15) is 0 Å². The molecule has 0 aliphatic heterocycles. The van der Waals surface area contributed by atoms with E-state index in [1.807, 2.05) is 18.4 Å². The molecule has 1 heterocycles. The number of benzene rings is 1. The van der Waals surface area contributed by atoms with Crippen LogP contribution in [0, 0.1) is 10.1 Å². The summed E-state index contributed by atoms with van der Waals surface area (Å²) in [5.74, 6) is -0.249. The predicted octanol–water partition coefficient (Wildman–Crippen LogP) is 1.93. The molecule has 0 saturated carbocycles. The normalized spacial score (nSPS) is 11.2. The van der Waals surface area contributed by atoms with Gasteiger partial charge in [-0.1, -0.05) is 13.0 Å². The monoisotopic (exact) mass is 383 g/mol. The first kappa shape index (κ1) is 19.0. The van der Waals surface area contributed by atoms with Gasteiger partial charge in [0.2, 0.25) is 10.0 Å². The van der Waals surface area contributed by atoms with Gasteiger partial charge < -0.3 is 5.32 Å². The maximum atomic E-state index is 12.1. The van der Waals surface area contributed by atoms with E-state index in [1.165, 1.54) is 29.5 Å². The molecule has 0 aliphatic rings. The summed E-state index contributed by atoms with van der Waals surface area (Å²) in [5.41, 5.74) is 0.639. The number of nitrogens with one attached hydrogen (secondary N) is 2. The first-order chi connectivity index (χ1) is 11.8. The lowest BCUT2D eigenvalue weighted by Gasteiger charge is -2.08. The molecule has 0 atom stereocenters. The molecule has 1 amide bonds. The molecular weight excluding hydrogens is 366 g/mol. The van der Waals surface area contributed by atoms with Gasteiger partial charge in [-0.25, -0.2) is 13.1 Å². The third kappa shape index (κ3) is 4.84. The van der Waals surface area contributed by atoms with Gasteiger partial charge in [-0.05, 0) is 29.5 Å². The number of nitro groups is 1. The smallest absolute Gasteiger partial charge is 0.270 e. The molecule has 2 N–H and O–H groups in total. The Bertz CT molecular complexity index is 877. The highest BCUT2D eigenvalue weighted by Gasteiger charge is 2.17. The molecule has 0 radical (unpaired) electrons. The molecule has 1 aromatic carbocycles. The van der Waals surface area contributed by atoms with Crippen molar-refractivity contribution in [2.75, 3.05) is 13.1 Å². The number of hydrogen-bond donors (Lipinski definition) is 2. The van der Waals surface area contributed by atoms with Crippen LogP contribution in [0.4, 0.5) is 5.69 Å². The highest BCUT2D eigenvalue weighted by atomic mass is 32.2. The molecule has 0 bridgehead atoms. The van der Waals surface area contributed by atoms with Crippen LogP contribution in [-0.2, 0) is 16.4 Å². The summed E-state index contributed by atoms with van der Waals surface area (Å²) >= 11 is 1.33. The SMILES string of the molecule is CCc1ccsc1C(=O)NCCNS(=O)(=O)c1cccc([N+](=O)[O-])c1. The lowest BCUT2D eigenvalue weighted by atomic mass is 10.2. The van der Waals surface area contributed by atoms with Crippen molar-refractivity contribution in [3.63, 3.8) is 0 Å². The zero-order valence-electron chi connectivity index (χ0n) is 13.4. The third-order valence-corrected chi connectivity index (χ3v) is 5.79. The summed E-state index contributed by atoms with van der Waals surface area (Å²) in [5, 5.41) is 15.2. The zero-order valence-corrected chi connectivity index (χ0v) is 15.0. The number of non-ortho nitro benzene ring substituents is 1. The average Bonchev–Trinajstić information content (AvgIpc) is 3.07. The van der Waals surface area contributed by atoms with Gasteiger partial charge in [0.05, 0.1) is 14.7 Å². The minimum absolute atomic E-state index is 0.0242. The Labute approximate surface area is 149 Å². The number of sulfonamides is 1. The Morgan fingerprint density at radius 1 is 1.28 bits per heavy atom. The van der Waals surface area contributed by atoms with Crippen molar-refractivity contribution in [2.24, 2.45) is 0 Å². The first-order valence-electron chi connectivity index (χ1n) is 7.44. The van der Waals surface area contributed by atoms with Gasteiger partial charge in [-0.3, -0.25) is 14.9 Å². The number of nitrogens with zero attached hydrogens (tertiary/aromatic N) is 1. The van der Waals surface area contributed by atoms with Crippen molar-refractivity contribution in [3.8, 4) is 0 Å². The van der Waals surface area contributed by atoms with E-state index in [9.17, 15) is 23.3 Å². The minimum atomic E-state index is -3.88. The van der Waals surface area contributed by atoms with Gasteiger partial charge in [0.25, 0.3) is 11.6 Å². The highest BCUT2D eigenvalue weighted by molar-refractivity contribution is 7.89. The number of carbonyl (C=O) groups is 1. The van der Waals surface area contributed by atoms with E-state index >= 15 is 0 Å². The fourth-order valence-corrected chi connectivity index (χ4v) is 4.09. The molecule has 2 rings (SSSR count). The maximum Gasteiger partial charge on any atom is 0.270 e. The summed E-state index contributed by atoms with van der Waals surface area (Å²) in [6.45, 7) is 2.03. The molecule has 10 heteroatoms. The highest BCUT2D eigenvalue weighted by Crippen LogP contribution is 2.18. The van der Waals surface area contributed by atoms with E-state index in [2.05, 4.69) is 10.0 Å². The van der Waals surface area contributed by atoms with Crippen LogP contribution in [-0.4, -0.2) is 32.3 Å². The van der Waals surface area contributed by atoms with E-state index in [-0.39, 0.29) is 29.6 Å². The lowest BCUT2D eigenvalue weighted by Crippen LogP contribution is -2.34. The number of hydrogen-bond acceptors (Lipinski definition) is 6. The number of nitro benzene ring substituents is 1. The second kappa shape index (κ2) is 8.19. The molecule has 2 aromatic rings. The molecule has 25 heavy (non-hydrogen) atoms. The van der Waals surface area contributed by atoms with E-state index in [0.29, 0.717) is 4.88 Å². The van der Waals surface area contributed by atoms with Crippen LogP contribution in [0.1, 0.15) is 22.2 Å². The molecular formula is C15H17N3O5S2. The molecule has 1 aromatic heterocycles. The summed E-state index contributed by atoms with van der Waals surface area (Å²) in [6, 6.07) is 6.65. The molecule has 8 nitrogen and oxygen atoms in total. The molecule has 0 spiro atoms. The summed E-state index contributed by atoms with van der Waals surface area (Å²) < 4.78 is 26.6. The molecule has 0 saturated heterocycles. The molecule has 134 valence electrons. The summed E-state index contributed by atoms with van der Waals surface area (Å²) in [4.78, 5) is 22.5. The van der Waals surface area contributed by atoms with Crippen molar-refractivity contribution in [3.05, 3.63) is 56.3 Å². The van der Waals surface area contributed by atoms with Gasteiger partial charge in [0, 0.05) is 25.2 Å². The Balaban J connectivity index is 1.91. The van der Waals surface area contributed by atoms with Crippen molar-refractivity contribution in [1.29, 1.82) is 0 Å². The van der Waals surface area contributed by atoms with Gasteiger partial charge in [0.15, 0.2) is 0 Å². The number of amides is 1. The van der Waals surface area contributed by atoms with E-state index in [0.717, 1.165) is 18.1 Å². The Kier molecular flexibility index (Phi) is 6.23. The van der Waals surface area contributed by atoms with Gasteiger partial charge in [-0.2, -0.15) is 0 Å². The lowest BCUT2D eigenvalue weighted by molar-refractivity contribution is -0.385. The number of carbonyl (C=O) groups excluding carboxylic acids is 1. The van der Waals surface area contributed by atoms with Crippen LogP contribution in [0.2, 0.25) is 0 Å². The van der Waals surface area contributed by atoms with Crippen LogP contribution in [0.25, 0.3) is 0 Å². The zero-order chi connectivity index (χ0) is 18.4. The van der Waals surface area contributed by atoms with Crippen molar-refractivity contribution >= 4 is 33.0 Å². The standard InChI is InChI=1S/C15H17N3O5S2/c1-2-11-6-9-24-14(11)15(19)16-7-8-17-25(22,23)13-5-3-4-12(10-13)18(20)21/h3-6,9-10,17H,2,7-8H2,1H3,(H,16,19). The second-order valence-corrected chi connectivity index (χ2v) is 7.72. The summed E-state index contributed by atoms with van der Waals surface area (Å²) in [7, 11) is -3.88. The Morgan fingerprint density at radius 3 is 2.72 bits per heavy atom. The van der Waals surface area contributed by atoms with Crippen molar-refractivity contribution < 1.29 is 18.1 Å². The van der Waals surface area contributed by atoms with Gasteiger partial charge in [-0.15, -0.1) is 11.3 Å². The van der Waals surface area contributed by atoms with E-state index < -0.39 is 14.9 Å². The Hall–Kier alpha value is -2.30. The first-order valence-corrected chi connectivity index (χ1v) is 9.80. The van der Waals surface area contributed by atoms with Crippen LogP contribution < -0.4 is 10.0 Å².